The number of hydrogen-bond donors (Lipinski definition) is 2. The molecule has 0 spiro atoms. The van der Waals surface area contributed by atoms with Crippen LogP contribution in [-0.2, 0) is 11.4 Å². The number of allylic oxidation sites excluding steroid dienone is 1. The van der Waals surface area contributed by atoms with E-state index in [1.54, 1.807) is 13.1 Å². The van der Waals surface area contributed by atoms with Gasteiger partial charge in [0.05, 0.1) is 23.7 Å². The van der Waals surface area contributed by atoms with E-state index in [-0.39, 0.29) is 46.7 Å². The maximum Gasteiger partial charge on any atom is 0.279 e. The number of carbonyl (C=O) groups excluding carboxylic acids is 1. The summed E-state index contributed by atoms with van der Waals surface area (Å²) < 4.78 is 11.2. The first-order valence-corrected chi connectivity index (χ1v) is 9.60. The molecular formula is C22H21N5O5. The summed E-state index contributed by atoms with van der Waals surface area (Å²) in [6.45, 7) is 3.18. The van der Waals surface area contributed by atoms with Crippen molar-refractivity contribution in [1.29, 1.82) is 5.26 Å². The van der Waals surface area contributed by atoms with Crippen LogP contribution in [0.3, 0.4) is 0 Å². The van der Waals surface area contributed by atoms with E-state index < -0.39 is 11.0 Å². The summed E-state index contributed by atoms with van der Waals surface area (Å²) in [4.78, 5) is 28.0. The van der Waals surface area contributed by atoms with Gasteiger partial charge in [-0.15, -0.1) is 0 Å². The third kappa shape index (κ3) is 4.67. The maximum absolute atomic E-state index is 12.3. The lowest BCUT2D eigenvalue weighted by Gasteiger charge is -2.25. The monoisotopic (exact) mass is 435 g/mol. The predicted octanol–water partition coefficient (Wildman–Crippen LogP) is 3.12. The van der Waals surface area contributed by atoms with Crippen LogP contribution >= 0.6 is 0 Å². The Kier molecular flexibility index (Phi) is 6.70. The van der Waals surface area contributed by atoms with Gasteiger partial charge in [-0.25, -0.2) is 4.99 Å². The number of hydrogen-bond acceptors (Lipinski definition) is 9. The SMILES string of the molecule is COc1cc([C@H]2N=C(NC#N)NC(C)=C2C(C)=O)c([N+](=O)[O-])cc1OCc1ccccc1. The third-order valence-electron chi connectivity index (χ3n) is 4.84. The molecule has 0 fully saturated rings. The number of nitrogens with zero attached hydrogens (tertiary/aromatic N) is 3. The molecule has 10 heteroatoms. The Morgan fingerprint density at radius 1 is 1.31 bits per heavy atom. The number of ether oxygens (including phenoxy) is 2. The van der Waals surface area contributed by atoms with E-state index >= 15 is 0 Å². The van der Waals surface area contributed by atoms with E-state index in [9.17, 15) is 14.9 Å². The van der Waals surface area contributed by atoms with Gasteiger partial charge in [0.15, 0.2) is 23.5 Å². The molecule has 10 nitrogen and oxygen atoms in total. The first-order valence-electron chi connectivity index (χ1n) is 9.60. The highest BCUT2D eigenvalue weighted by molar-refractivity contribution is 5.99. The molecule has 3 rings (SSSR count). The fraction of sp³-hybridized carbons (Fsp3) is 0.227. The zero-order valence-corrected chi connectivity index (χ0v) is 17.7. The maximum atomic E-state index is 12.3. The van der Waals surface area contributed by atoms with Crippen molar-refractivity contribution >= 4 is 17.4 Å². The summed E-state index contributed by atoms with van der Waals surface area (Å²) in [7, 11) is 1.42. The summed E-state index contributed by atoms with van der Waals surface area (Å²) >= 11 is 0. The molecular weight excluding hydrogens is 414 g/mol. The van der Waals surface area contributed by atoms with E-state index in [2.05, 4.69) is 15.6 Å². The zero-order chi connectivity index (χ0) is 23.3. The molecule has 0 radical (unpaired) electrons. The minimum Gasteiger partial charge on any atom is -0.493 e. The Hall–Kier alpha value is -4.39. The summed E-state index contributed by atoms with van der Waals surface area (Å²) in [6.07, 6.45) is 1.75. The lowest BCUT2D eigenvalue weighted by atomic mass is 9.92. The van der Waals surface area contributed by atoms with Crippen LogP contribution in [0.1, 0.15) is 31.0 Å². The number of nitriles is 1. The Bertz CT molecular complexity index is 1150. The van der Waals surface area contributed by atoms with Gasteiger partial charge < -0.3 is 14.8 Å². The molecule has 0 bridgehead atoms. The van der Waals surface area contributed by atoms with Crippen molar-refractivity contribution in [3.05, 3.63) is 75.0 Å². The molecule has 2 aromatic rings. The fourth-order valence-electron chi connectivity index (χ4n) is 3.42. The number of rotatable bonds is 7. The quantitative estimate of drug-likeness (QED) is 0.293. The number of ketones is 1. The summed E-state index contributed by atoms with van der Waals surface area (Å²) in [5.74, 6) is 0.214. The second kappa shape index (κ2) is 9.61. The summed E-state index contributed by atoms with van der Waals surface area (Å²) in [5.41, 5.74) is 1.42. The van der Waals surface area contributed by atoms with Crippen molar-refractivity contribution in [3.8, 4) is 17.7 Å². The highest BCUT2D eigenvalue weighted by atomic mass is 16.6. The minimum absolute atomic E-state index is 0.0812. The van der Waals surface area contributed by atoms with Crippen LogP contribution in [0.15, 0.2) is 58.7 Å². The van der Waals surface area contributed by atoms with Crippen LogP contribution in [0.25, 0.3) is 0 Å². The van der Waals surface area contributed by atoms with Gasteiger partial charge in [-0.05, 0) is 25.5 Å². The first-order chi connectivity index (χ1) is 15.3. The smallest absolute Gasteiger partial charge is 0.279 e. The Labute approximate surface area is 184 Å². The Morgan fingerprint density at radius 2 is 2.03 bits per heavy atom. The molecule has 1 atom stereocenters. The molecule has 2 N–H and O–H groups in total. The van der Waals surface area contributed by atoms with Crippen LogP contribution in [0, 0.1) is 21.6 Å². The van der Waals surface area contributed by atoms with Crippen molar-refractivity contribution in [1.82, 2.24) is 10.6 Å². The van der Waals surface area contributed by atoms with Gasteiger partial charge in [0.1, 0.15) is 12.6 Å². The number of methoxy groups -OCH3 is 1. The molecule has 0 saturated heterocycles. The molecule has 0 amide bonds. The van der Waals surface area contributed by atoms with Gasteiger partial charge in [-0.2, -0.15) is 5.26 Å². The van der Waals surface area contributed by atoms with Crippen LogP contribution in [0.4, 0.5) is 5.69 Å². The highest BCUT2D eigenvalue weighted by Crippen LogP contribution is 2.42. The number of guanidine groups is 1. The molecule has 1 aliphatic rings. The fourth-order valence-corrected chi connectivity index (χ4v) is 3.42. The van der Waals surface area contributed by atoms with Crippen LogP contribution < -0.4 is 20.1 Å². The second-order valence-corrected chi connectivity index (χ2v) is 6.93. The Balaban J connectivity index is 2.10. The molecule has 0 aliphatic carbocycles. The largest absolute Gasteiger partial charge is 0.493 e. The molecule has 0 aromatic heterocycles. The summed E-state index contributed by atoms with van der Waals surface area (Å²) in [5, 5.41) is 26.1. The van der Waals surface area contributed by atoms with Crippen molar-refractivity contribution in [3.63, 3.8) is 0 Å². The molecule has 164 valence electrons. The number of benzene rings is 2. The average Bonchev–Trinajstić information content (AvgIpc) is 2.77. The van der Waals surface area contributed by atoms with Crippen molar-refractivity contribution in [2.45, 2.75) is 26.5 Å². The van der Waals surface area contributed by atoms with Crippen molar-refractivity contribution in [2.24, 2.45) is 4.99 Å². The number of nitro benzene ring substituents is 1. The average molecular weight is 435 g/mol. The normalized spacial score (nSPS) is 15.2. The van der Waals surface area contributed by atoms with Crippen molar-refractivity contribution < 1.29 is 19.2 Å². The van der Waals surface area contributed by atoms with Crippen LogP contribution in [-0.4, -0.2) is 23.8 Å². The first kappa shape index (κ1) is 22.3. The Morgan fingerprint density at radius 3 is 2.62 bits per heavy atom. The van der Waals surface area contributed by atoms with Gasteiger partial charge in [-0.1, -0.05) is 30.3 Å². The van der Waals surface area contributed by atoms with Crippen molar-refractivity contribution in [2.75, 3.05) is 7.11 Å². The van der Waals surface area contributed by atoms with Gasteiger partial charge >= 0.3 is 0 Å². The molecule has 1 aliphatic heterocycles. The summed E-state index contributed by atoms with van der Waals surface area (Å²) in [6, 6.07) is 11.0. The number of nitrogens with one attached hydrogen (secondary N) is 2. The van der Waals surface area contributed by atoms with Gasteiger partial charge in [0.25, 0.3) is 5.69 Å². The second-order valence-electron chi connectivity index (χ2n) is 6.93. The standard InChI is InChI=1S/C22H21N5O5/c1-13-20(14(2)28)21(26-22(25-13)24-12-23)16-9-18(31-3)19(10-17(16)27(29)30)32-11-15-7-5-4-6-8-15/h4-10,21H,11H2,1-3H3,(H2,24,25,26)/t21-/m1/s1. The lowest BCUT2D eigenvalue weighted by molar-refractivity contribution is -0.385. The van der Waals surface area contributed by atoms with E-state index in [0.29, 0.717) is 5.70 Å². The highest BCUT2D eigenvalue weighted by Gasteiger charge is 2.33. The lowest BCUT2D eigenvalue weighted by Crippen LogP contribution is -2.38. The molecule has 0 unspecified atom stereocenters. The molecule has 1 heterocycles. The number of nitro groups is 1. The van der Waals surface area contributed by atoms with Gasteiger partial charge in [-0.3, -0.25) is 20.2 Å². The van der Waals surface area contributed by atoms with Crippen LogP contribution in [0.5, 0.6) is 11.5 Å². The molecule has 32 heavy (non-hydrogen) atoms. The molecule has 2 aromatic carbocycles. The number of carbonyl (C=O) groups is 1. The predicted molar refractivity (Wildman–Crippen MR) is 116 cm³/mol. The van der Waals surface area contributed by atoms with Crippen LogP contribution in [0.2, 0.25) is 0 Å². The van der Waals surface area contributed by atoms with E-state index in [0.717, 1.165) is 5.56 Å². The van der Waals surface area contributed by atoms with Gasteiger partial charge in [0.2, 0.25) is 5.96 Å². The number of aliphatic imine (C=N–C) groups is 1. The van der Waals surface area contributed by atoms with E-state index in [1.807, 2.05) is 30.3 Å². The topological polar surface area (TPSA) is 139 Å². The molecule has 0 saturated carbocycles. The van der Waals surface area contributed by atoms with Gasteiger partial charge in [0, 0.05) is 11.3 Å². The van der Waals surface area contributed by atoms with E-state index in [1.165, 1.54) is 26.2 Å². The van der Waals surface area contributed by atoms with E-state index in [4.69, 9.17) is 14.7 Å². The zero-order valence-electron chi connectivity index (χ0n) is 17.7. The number of Topliss-reactive ketones (excluding diaryl/α,β-unsaturated/α-hetero) is 1. The third-order valence-corrected chi connectivity index (χ3v) is 4.84. The minimum atomic E-state index is -1.01.